The highest BCUT2D eigenvalue weighted by Gasteiger charge is 2.15. The molecule has 0 atom stereocenters. The summed E-state index contributed by atoms with van der Waals surface area (Å²) in [4.78, 5) is 13.2. The Kier molecular flexibility index (Phi) is 6.99. The molecule has 0 saturated heterocycles. The van der Waals surface area contributed by atoms with E-state index in [0.29, 0.717) is 11.3 Å². The number of amides is 1. The minimum atomic E-state index is -0.382. The molecule has 116 valence electrons. The molecule has 0 heterocycles. The second kappa shape index (κ2) is 8.77. The number of carbonyl (C=O) groups is 1. The standard InChI is InChI=1S/C13H19N3O5/c14-13(15-20)10-3-1-2-4-11(10)21-9-12(19)16(5-7-17)6-8-18/h1-4,17-18,20H,5-9H2,(H2,14,15). The molecule has 1 rings (SSSR count). The van der Waals surface area contributed by atoms with Gasteiger partial charge in [0.05, 0.1) is 18.8 Å². The zero-order chi connectivity index (χ0) is 15.7. The summed E-state index contributed by atoms with van der Waals surface area (Å²) >= 11 is 0. The van der Waals surface area contributed by atoms with Gasteiger partial charge in [-0.15, -0.1) is 0 Å². The Balaban J connectivity index is 2.72. The van der Waals surface area contributed by atoms with E-state index in [0.717, 1.165) is 0 Å². The van der Waals surface area contributed by atoms with Crippen molar-refractivity contribution in [1.29, 1.82) is 0 Å². The predicted molar refractivity (Wildman–Crippen MR) is 75.2 cm³/mol. The highest BCUT2D eigenvalue weighted by molar-refractivity contribution is 5.99. The van der Waals surface area contributed by atoms with Crippen LogP contribution in [0.2, 0.25) is 0 Å². The Labute approximate surface area is 122 Å². The number of amidine groups is 1. The zero-order valence-electron chi connectivity index (χ0n) is 11.5. The third kappa shape index (κ3) is 4.93. The molecule has 0 bridgehead atoms. The van der Waals surface area contributed by atoms with Crippen LogP contribution in [0, 0.1) is 0 Å². The van der Waals surface area contributed by atoms with Crippen LogP contribution in [0.1, 0.15) is 5.56 Å². The summed E-state index contributed by atoms with van der Waals surface area (Å²) < 4.78 is 5.37. The fraction of sp³-hybridized carbons (Fsp3) is 0.385. The Hall–Kier alpha value is -2.32. The van der Waals surface area contributed by atoms with E-state index in [4.69, 9.17) is 25.9 Å². The lowest BCUT2D eigenvalue weighted by Crippen LogP contribution is -2.39. The summed E-state index contributed by atoms with van der Waals surface area (Å²) in [5, 5.41) is 29.3. The molecule has 1 amide bonds. The molecular formula is C13H19N3O5. The fourth-order valence-electron chi connectivity index (χ4n) is 1.69. The van der Waals surface area contributed by atoms with E-state index in [1.165, 1.54) is 4.90 Å². The molecule has 0 aliphatic heterocycles. The van der Waals surface area contributed by atoms with Crippen LogP contribution in [0.3, 0.4) is 0 Å². The number of hydrogen-bond acceptors (Lipinski definition) is 6. The topological polar surface area (TPSA) is 129 Å². The molecule has 0 spiro atoms. The van der Waals surface area contributed by atoms with Crippen LogP contribution in [0.4, 0.5) is 0 Å². The average Bonchev–Trinajstić information content (AvgIpc) is 2.52. The lowest BCUT2D eigenvalue weighted by atomic mass is 10.2. The lowest BCUT2D eigenvalue weighted by Gasteiger charge is -2.21. The summed E-state index contributed by atoms with van der Waals surface area (Å²) in [6.07, 6.45) is 0. The Morgan fingerprint density at radius 2 is 1.86 bits per heavy atom. The van der Waals surface area contributed by atoms with Gasteiger partial charge in [0, 0.05) is 13.1 Å². The SMILES string of the molecule is N/C(=N/O)c1ccccc1OCC(=O)N(CCO)CCO. The summed E-state index contributed by atoms with van der Waals surface area (Å²) in [6, 6.07) is 6.55. The normalized spacial score (nSPS) is 11.2. The van der Waals surface area contributed by atoms with Crippen molar-refractivity contribution < 1.29 is 25.0 Å². The van der Waals surface area contributed by atoms with E-state index in [2.05, 4.69) is 5.16 Å². The molecule has 1 aromatic carbocycles. The van der Waals surface area contributed by atoms with Crippen molar-refractivity contribution in [2.75, 3.05) is 32.9 Å². The Morgan fingerprint density at radius 1 is 1.24 bits per heavy atom. The maximum atomic E-state index is 11.9. The molecule has 0 aliphatic rings. The van der Waals surface area contributed by atoms with Crippen molar-refractivity contribution in [3.8, 4) is 5.75 Å². The lowest BCUT2D eigenvalue weighted by molar-refractivity contribution is -0.134. The van der Waals surface area contributed by atoms with Gasteiger partial charge < -0.3 is 30.8 Å². The number of para-hydroxylation sites is 1. The first-order valence-electron chi connectivity index (χ1n) is 6.33. The first kappa shape index (κ1) is 16.7. The third-order valence-corrected chi connectivity index (χ3v) is 2.71. The van der Waals surface area contributed by atoms with E-state index >= 15 is 0 Å². The third-order valence-electron chi connectivity index (χ3n) is 2.71. The van der Waals surface area contributed by atoms with Gasteiger partial charge in [0.15, 0.2) is 12.4 Å². The zero-order valence-corrected chi connectivity index (χ0v) is 11.5. The second-order valence-electron chi connectivity index (χ2n) is 4.10. The molecule has 8 nitrogen and oxygen atoms in total. The molecule has 0 aromatic heterocycles. The van der Waals surface area contributed by atoms with Crippen LogP contribution in [-0.4, -0.2) is 65.0 Å². The quantitative estimate of drug-likeness (QED) is 0.210. The summed E-state index contributed by atoms with van der Waals surface area (Å²) in [5.41, 5.74) is 5.88. The fourth-order valence-corrected chi connectivity index (χ4v) is 1.69. The van der Waals surface area contributed by atoms with Crippen LogP contribution in [-0.2, 0) is 4.79 Å². The van der Waals surface area contributed by atoms with Crippen molar-refractivity contribution in [3.63, 3.8) is 0 Å². The van der Waals surface area contributed by atoms with Crippen molar-refractivity contribution >= 4 is 11.7 Å². The first-order chi connectivity index (χ1) is 10.1. The van der Waals surface area contributed by atoms with E-state index in [9.17, 15) is 4.79 Å². The molecule has 5 N–H and O–H groups in total. The molecule has 0 saturated carbocycles. The molecule has 0 radical (unpaired) electrons. The van der Waals surface area contributed by atoms with Crippen molar-refractivity contribution in [2.24, 2.45) is 10.9 Å². The summed E-state index contributed by atoms with van der Waals surface area (Å²) in [7, 11) is 0. The molecule has 0 aliphatic carbocycles. The van der Waals surface area contributed by atoms with Gasteiger partial charge in [-0.1, -0.05) is 17.3 Å². The van der Waals surface area contributed by atoms with Gasteiger partial charge in [0.2, 0.25) is 0 Å². The van der Waals surface area contributed by atoms with Gasteiger partial charge in [0.1, 0.15) is 5.75 Å². The van der Waals surface area contributed by atoms with Gasteiger partial charge in [-0.25, -0.2) is 0 Å². The van der Waals surface area contributed by atoms with Crippen LogP contribution in [0.5, 0.6) is 5.75 Å². The van der Waals surface area contributed by atoms with Crippen molar-refractivity contribution in [1.82, 2.24) is 4.90 Å². The van der Waals surface area contributed by atoms with Gasteiger partial charge >= 0.3 is 0 Å². The maximum Gasteiger partial charge on any atom is 0.260 e. The Morgan fingerprint density at radius 3 is 2.43 bits per heavy atom. The summed E-state index contributed by atoms with van der Waals surface area (Å²) in [6.45, 7) is -0.454. The minimum absolute atomic E-state index is 0.116. The van der Waals surface area contributed by atoms with E-state index in [-0.39, 0.29) is 44.7 Å². The van der Waals surface area contributed by atoms with Crippen LogP contribution in [0.25, 0.3) is 0 Å². The maximum absolute atomic E-state index is 11.9. The number of benzene rings is 1. The van der Waals surface area contributed by atoms with Crippen molar-refractivity contribution in [3.05, 3.63) is 29.8 Å². The largest absolute Gasteiger partial charge is 0.483 e. The molecular weight excluding hydrogens is 278 g/mol. The Bertz CT molecular complexity index is 486. The van der Waals surface area contributed by atoms with Gasteiger partial charge in [-0.05, 0) is 12.1 Å². The highest BCUT2D eigenvalue weighted by atomic mass is 16.5. The molecule has 1 aromatic rings. The number of ether oxygens (including phenoxy) is 1. The average molecular weight is 297 g/mol. The summed E-state index contributed by atoms with van der Waals surface area (Å²) in [5.74, 6) is -0.206. The number of nitrogens with zero attached hydrogens (tertiary/aromatic N) is 2. The molecule has 0 fully saturated rings. The smallest absolute Gasteiger partial charge is 0.260 e. The molecule has 0 unspecified atom stereocenters. The van der Waals surface area contributed by atoms with Crippen molar-refractivity contribution in [2.45, 2.75) is 0 Å². The number of carbonyl (C=O) groups excluding carboxylic acids is 1. The number of hydrogen-bond donors (Lipinski definition) is 4. The number of aliphatic hydroxyl groups is 2. The van der Waals surface area contributed by atoms with E-state index in [1.807, 2.05) is 0 Å². The highest BCUT2D eigenvalue weighted by Crippen LogP contribution is 2.17. The number of aliphatic hydroxyl groups excluding tert-OH is 2. The van der Waals surface area contributed by atoms with Gasteiger partial charge in [0.25, 0.3) is 5.91 Å². The molecule has 8 heteroatoms. The van der Waals surface area contributed by atoms with Crippen LogP contribution in [0.15, 0.2) is 29.4 Å². The minimum Gasteiger partial charge on any atom is -0.483 e. The van der Waals surface area contributed by atoms with Crippen LogP contribution < -0.4 is 10.5 Å². The number of rotatable bonds is 8. The number of oxime groups is 1. The van der Waals surface area contributed by atoms with E-state index in [1.54, 1.807) is 24.3 Å². The van der Waals surface area contributed by atoms with E-state index < -0.39 is 0 Å². The van der Waals surface area contributed by atoms with Crippen LogP contribution >= 0.6 is 0 Å². The van der Waals surface area contributed by atoms with Gasteiger partial charge in [-0.2, -0.15) is 0 Å². The second-order valence-corrected chi connectivity index (χ2v) is 4.10. The first-order valence-corrected chi connectivity index (χ1v) is 6.33. The van der Waals surface area contributed by atoms with Gasteiger partial charge in [-0.3, -0.25) is 4.79 Å². The number of nitrogens with two attached hydrogens (primary N) is 1. The molecule has 21 heavy (non-hydrogen) atoms. The predicted octanol–water partition coefficient (Wildman–Crippen LogP) is -1.03. The monoisotopic (exact) mass is 297 g/mol.